The summed E-state index contributed by atoms with van der Waals surface area (Å²) in [5.74, 6) is -0.783. The summed E-state index contributed by atoms with van der Waals surface area (Å²) >= 11 is 0. The molecule has 0 unspecified atom stereocenters. The van der Waals surface area contributed by atoms with Gasteiger partial charge in [-0.15, -0.1) is 0 Å². The van der Waals surface area contributed by atoms with Gasteiger partial charge >= 0.3 is 0 Å². The molecule has 0 aromatic heterocycles. The maximum absolute atomic E-state index is 13.0. The van der Waals surface area contributed by atoms with Crippen molar-refractivity contribution in [1.29, 1.82) is 0 Å². The minimum Gasteiger partial charge on any atom is -0.399 e. The van der Waals surface area contributed by atoms with Crippen LogP contribution in [-0.2, 0) is 14.8 Å². The average molecular weight is 298 g/mol. The summed E-state index contributed by atoms with van der Waals surface area (Å²) < 4.78 is 66.4. The van der Waals surface area contributed by atoms with Gasteiger partial charge in [0.1, 0.15) is 12.4 Å². The SMILES string of the molecule is Nc1cc(F)cc(S(=O)(=O)NCCOCC(F)F)c1. The molecule has 0 radical (unpaired) electrons. The van der Waals surface area contributed by atoms with Crippen LogP contribution in [0.1, 0.15) is 0 Å². The lowest BCUT2D eigenvalue weighted by atomic mass is 10.3. The Morgan fingerprint density at radius 3 is 2.58 bits per heavy atom. The van der Waals surface area contributed by atoms with Gasteiger partial charge < -0.3 is 10.5 Å². The number of sulfonamides is 1. The fourth-order valence-corrected chi connectivity index (χ4v) is 2.32. The molecule has 0 aliphatic rings. The standard InChI is InChI=1S/C10H13F3N2O3S/c11-7-3-8(14)5-9(4-7)19(16,17)15-1-2-18-6-10(12)13/h3-5,10,15H,1-2,6,14H2. The first-order valence-electron chi connectivity index (χ1n) is 5.23. The molecule has 0 atom stereocenters. The first-order chi connectivity index (χ1) is 8.81. The van der Waals surface area contributed by atoms with Crippen LogP contribution >= 0.6 is 0 Å². The van der Waals surface area contributed by atoms with Crippen LogP contribution in [0.25, 0.3) is 0 Å². The molecule has 1 rings (SSSR count). The molecule has 5 nitrogen and oxygen atoms in total. The van der Waals surface area contributed by atoms with Gasteiger partial charge in [0, 0.05) is 12.2 Å². The van der Waals surface area contributed by atoms with Gasteiger partial charge in [-0.25, -0.2) is 26.3 Å². The number of halogens is 3. The Hall–Kier alpha value is -1.32. The Labute approximate surface area is 108 Å². The van der Waals surface area contributed by atoms with Gasteiger partial charge in [0.25, 0.3) is 6.43 Å². The summed E-state index contributed by atoms with van der Waals surface area (Å²) in [4.78, 5) is -0.334. The van der Waals surface area contributed by atoms with Gasteiger partial charge in [0.05, 0.1) is 11.5 Å². The van der Waals surface area contributed by atoms with Gasteiger partial charge in [-0.3, -0.25) is 0 Å². The van der Waals surface area contributed by atoms with Gasteiger partial charge in [-0.1, -0.05) is 0 Å². The summed E-state index contributed by atoms with van der Waals surface area (Å²) in [6, 6.07) is 2.87. The van der Waals surface area contributed by atoms with Crippen molar-refractivity contribution in [3.05, 3.63) is 24.0 Å². The number of hydrogen-bond donors (Lipinski definition) is 2. The third kappa shape index (κ3) is 5.45. The highest BCUT2D eigenvalue weighted by Crippen LogP contribution is 2.15. The second-order valence-electron chi connectivity index (χ2n) is 3.58. The van der Waals surface area contributed by atoms with E-state index >= 15 is 0 Å². The highest BCUT2D eigenvalue weighted by Gasteiger charge is 2.15. The van der Waals surface area contributed by atoms with Crippen molar-refractivity contribution in [2.45, 2.75) is 11.3 Å². The van der Waals surface area contributed by atoms with E-state index in [-0.39, 0.29) is 23.7 Å². The molecule has 9 heteroatoms. The van der Waals surface area contributed by atoms with Gasteiger partial charge in [-0.05, 0) is 18.2 Å². The van der Waals surface area contributed by atoms with Gasteiger partial charge in [0.15, 0.2) is 0 Å². The predicted octanol–water partition coefficient (Wildman–Crippen LogP) is 0.968. The summed E-state index contributed by atoms with van der Waals surface area (Å²) in [6.45, 7) is -1.19. The van der Waals surface area contributed by atoms with Crippen molar-refractivity contribution in [1.82, 2.24) is 4.72 Å². The fourth-order valence-electron chi connectivity index (χ4n) is 1.24. The number of nitrogen functional groups attached to an aromatic ring is 1. The largest absolute Gasteiger partial charge is 0.399 e. The normalized spacial score (nSPS) is 12.0. The number of benzene rings is 1. The van der Waals surface area contributed by atoms with E-state index < -0.39 is 28.9 Å². The topological polar surface area (TPSA) is 81.4 Å². The first kappa shape index (κ1) is 15.7. The minimum absolute atomic E-state index is 0.0330. The van der Waals surface area contributed by atoms with Crippen molar-refractivity contribution in [3.63, 3.8) is 0 Å². The van der Waals surface area contributed by atoms with Crippen molar-refractivity contribution < 1.29 is 26.3 Å². The number of hydrogen-bond acceptors (Lipinski definition) is 4. The van der Waals surface area contributed by atoms with Crippen molar-refractivity contribution in [2.24, 2.45) is 0 Å². The minimum atomic E-state index is -3.94. The van der Waals surface area contributed by atoms with Crippen LogP contribution in [0, 0.1) is 5.82 Å². The maximum atomic E-state index is 13.0. The Balaban J connectivity index is 2.56. The van der Waals surface area contributed by atoms with Crippen LogP contribution in [0.4, 0.5) is 18.9 Å². The molecular weight excluding hydrogens is 285 g/mol. The average Bonchev–Trinajstić information content (AvgIpc) is 2.26. The fraction of sp³-hybridized carbons (Fsp3) is 0.400. The highest BCUT2D eigenvalue weighted by molar-refractivity contribution is 7.89. The molecule has 1 aromatic carbocycles. The van der Waals surface area contributed by atoms with Crippen molar-refractivity contribution in [2.75, 3.05) is 25.5 Å². The zero-order valence-electron chi connectivity index (χ0n) is 9.77. The number of anilines is 1. The lowest BCUT2D eigenvalue weighted by Crippen LogP contribution is -2.28. The zero-order chi connectivity index (χ0) is 14.5. The third-order valence-corrected chi connectivity index (χ3v) is 3.43. The van der Waals surface area contributed by atoms with Crippen molar-refractivity contribution >= 4 is 15.7 Å². The zero-order valence-corrected chi connectivity index (χ0v) is 10.6. The lowest BCUT2D eigenvalue weighted by molar-refractivity contribution is 0.0199. The smallest absolute Gasteiger partial charge is 0.261 e. The van der Waals surface area contributed by atoms with E-state index in [1.165, 1.54) is 0 Å². The van der Waals surface area contributed by atoms with E-state index in [9.17, 15) is 21.6 Å². The Morgan fingerprint density at radius 1 is 1.32 bits per heavy atom. The van der Waals surface area contributed by atoms with Crippen LogP contribution < -0.4 is 10.5 Å². The first-order valence-corrected chi connectivity index (χ1v) is 6.71. The molecule has 0 spiro atoms. The number of rotatable bonds is 7. The molecule has 0 heterocycles. The predicted molar refractivity (Wildman–Crippen MR) is 62.8 cm³/mol. The van der Waals surface area contributed by atoms with E-state index in [4.69, 9.17) is 5.73 Å². The molecule has 1 aromatic rings. The molecule has 0 saturated heterocycles. The number of nitrogens with one attached hydrogen (secondary N) is 1. The molecule has 0 amide bonds. The van der Waals surface area contributed by atoms with E-state index in [0.717, 1.165) is 18.2 Å². The van der Waals surface area contributed by atoms with Crippen LogP contribution in [0.3, 0.4) is 0 Å². The Bertz CT molecular complexity index is 503. The monoisotopic (exact) mass is 298 g/mol. The van der Waals surface area contributed by atoms with E-state index in [1.807, 2.05) is 0 Å². The summed E-state index contributed by atoms with van der Waals surface area (Å²) in [6.07, 6.45) is -2.61. The van der Waals surface area contributed by atoms with E-state index in [1.54, 1.807) is 0 Å². The van der Waals surface area contributed by atoms with Gasteiger partial charge in [-0.2, -0.15) is 0 Å². The summed E-state index contributed by atoms with van der Waals surface area (Å²) in [7, 11) is -3.94. The van der Waals surface area contributed by atoms with E-state index in [2.05, 4.69) is 9.46 Å². The number of ether oxygens (including phenoxy) is 1. The van der Waals surface area contributed by atoms with Gasteiger partial charge in [0.2, 0.25) is 10.0 Å². The lowest BCUT2D eigenvalue weighted by Gasteiger charge is -2.08. The summed E-state index contributed by atoms with van der Waals surface area (Å²) in [5.41, 5.74) is 5.29. The molecular formula is C10H13F3N2O3S. The van der Waals surface area contributed by atoms with Crippen LogP contribution in [0.2, 0.25) is 0 Å². The molecule has 108 valence electrons. The molecule has 0 saturated carbocycles. The molecule has 0 fully saturated rings. The second-order valence-corrected chi connectivity index (χ2v) is 5.35. The van der Waals surface area contributed by atoms with Crippen LogP contribution in [0.5, 0.6) is 0 Å². The van der Waals surface area contributed by atoms with Crippen LogP contribution in [-0.4, -0.2) is 34.6 Å². The maximum Gasteiger partial charge on any atom is 0.261 e. The molecule has 19 heavy (non-hydrogen) atoms. The molecule has 0 bridgehead atoms. The third-order valence-electron chi connectivity index (χ3n) is 1.99. The second kappa shape index (κ2) is 6.73. The molecule has 0 aliphatic heterocycles. The van der Waals surface area contributed by atoms with Crippen molar-refractivity contribution in [3.8, 4) is 0 Å². The summed E-state index contributed by atoms with van der Waals surface area (Å²) in [5, 5.41) is 0. The number of alkyl halides is 2. The highest BCUT2D eigenvalue weighted by atomic mass is 32.2. The quantitative estimate of drug-likeness (QED) is 0.580. The number of nitrogens with two attached hydrogens (primary N) is 1. The van der Waals surface area contributed by atoms with Crippen LogP contribution in [0.15, 0.2) is 23.1 Å². The Kier molecular flexibility index (Phi) is 5.58. The molecule has 3 N–H and O–H groups in total. The molecule has 0 aliphatic carbocycles. The Morgan fingerprint density at radius 2 is 2.00 bits per heavy atom. The van der Waals surface area contributed by atoms with E-state index in [0.29, 0.717) is 0 Å².